The molecule has 15 heavy (non-hydrogen) atoms. The van der Waals surface area contributed by atoms with Gasteiger partial charge in [0, 0.05) is 26.3 Å². The molecule has 0 spiro atoms. The summed E-state index contributed by atoms with van der Waals surface area (Å²) in [4.78, 5) is 13.3. The molecule has 0 saturated carbocycles. The molecule has 3 heteroatoms. The molecular weight excluding hydrogens is 190 g/mol. The first-order valence-electron chi connectivity index (χ1n) is 5.80. The van der Waals surface area contributed by atoms with Crippen LogP contribution in [0.3, 0.4) is 0 Å². The quantitative estimate of drug-likeness (QED) is 0.644. The zero-order valence-corrected chi connectivity index (χ0v) is 9.15. The Bertz CT molecular complexity index is 246. The van der Waals surface area contributed by atoms with Gasteiger partial charge in [0.2, 0.25) is 5.91 Å². The van der Waals surface area contributed by atoms with Gasteiger partial charge in [0.1, 0.15) is 0 Å². The number of amides is 1. The van der Waals surface area contributed by atoms with Gasteiger partial charge in [-0.2, -0.15) is 0 Å². The molecule has 1 unspecified atom stereocenters. The molecule has 2 aliphatic rings. The van der Waals surface area contributed by atoms with Gasteiger partial charge in [-0.25, -0.2) is 0 Å². The van der Waals surface area contributed by atoms with E-state index in [2.05, 4.69) is 6.58 Å². The van der Waals surface area contributed by atoms with Crippen molar-refractivity contribution in [3.8, 4) is 0 Å². The van der Waals surface area contributed by atoms with Crippen molar-refractivity contribution in [3.05, 3.63) is 12.7 Å². The summed E-state index contributed by atoms with van der Waals surface area (Å²) in [6.45, 7) is 7.17. The molecule has 2 aliphatic heterocycles. The van der Waals surface area contributed by atoms with E-state index in [-0.39, 0.29) is 5.91 Å². The highest BCUT2D eigenvalue weighted by Crippen LogP contribution is 2.31. The van der Waals surface area contributed by atoms with E-state index in [0.29, 0.717) is 5.92 Å². The minimum atomic E-state index is 0.0876. The van der Waals surface area contributed by atoms with Crippen molar-refractivity contribution in [3.63, 3.8) is 0 Å². The van der Waals surface area contributed by atoms with Crippen molar-refractivity contribution in [2.24, 2.45) is 11.8 Å². The highest BCUT2D eigenvalue weighted by Gasteiger charge is 2.31. The largest absolute Gasteiger partial charge is 0.381 e. The van der Waals surface area contributed by atoms with Crippen molar-refractivity contribution in [2.75, 3.05) is 26.3 Å². The molecule has 0 aliphatic carbocycles. The maximum absolute atomic E-state index is 11.4. The zero-order chi connectivity index (χ0) is 10.7. The zero-order valence-electron chi connectivity index (χ0n) is 9.15. The number of nitrogens with zero attached hydrogens (tertiary/aromatic N) is 1. The second-order valence-corrected chi connectivity index (χ2v) is 4.49. The number of ether oxygens (including phenoxy) is 1. The topological polar surface area (TPSA) is 29.5 Å². The van der Waals surface area contributed by atoms with Crippen LogP contribution in [0.4, 0.5) is 0 Å². The highest BCUT2D eigenvalue weighted by atomic mass is 16.5. The van der Waals surface area contributed by atoms with Crippen LogP contribution in [0.25, 0.3) is 0 Å². The minimum Gasteiger partial charge on any atom is -0.381 e. The first-order valence-corrected chi connectivity index (χ1v) is 5.80. The Morgan fingerprint density at radius 2 is 2.00 bits per heavy atom. The van der Waals surface area contributed by atoms with Gasteiger partial charge in [-0.15, -0.1) is 0 Å². The average molecular weight is 209 g/mol. The molecule has 2 fully saturated rings. The van der Waals surface area contributed by atoms with E-state index in [1.165, 1.54) is 18.9 Å². The van der Waals surface area contributed by atoms with E-state index in [0.717, 1.165) is 38.6 Å². The first kappa shape index (κ1) is 10.7. The predicted octanol–water partition coefficient (Wildman–Crippen LogP) is 1.45. The van der Waals surface area contributed by atoms with Crippen LogP contribution in [-0.4, -0.2) is 37.1 Å². The van der Waals surface area contributed by atoms with Crippen LogP contribution < -0.4 is 0 Å². The third-order valence-electron chi connectivity index (χ3n) is 3.64. The summed E-state index contributed by atoms with van der Waals surface area (Å²) in [6.07, 6.45) is 4.91. The van der Waals surface area contributed by atoms with E-state index in [1.807, 2.05) is 4.90 Å². The summed E-state index contributed by atoms with van der Waals surface area (Å²) in [5, 5.41) is 0. The predicted molar refractivity (Wildman–Crippen MR) is 58.4 cm³/mol. The van der Waals surface area contributed by atoms with E-state index >= 15 is 0 Å². The van der Waals surface area contributed by atoms with Gasteiger partial charge in [-0.1, -0.05) is 6.58 Å². The normalized spacial score (nSPS) is 28.0. The smallest absolute Gasteiger partial charge is 0.245 e. The first-order chi connectivity index (χ1) is 7.31. The van der Waals surface area contributed by atoms with Crippen LogP contribution in [0.2, 0.25) is 0 Å². The lowest BCUT2D eigenvalue weighted by Crippen LogP contribution is -2.29. The average Bonchev–Trinajstić information content (AvgIpc) is 2.78. The third kappa shape index (κ3) is 2.40. The lowest BCUT2D eigenvalue weighted by Gasteiger charge is -2.27. The van der Waals surface area contributed by atoms with Gasteiger partial charge in [0.25, 0.3) is 0 Å². The van der Waals surface area contributed by atoms with Crippen molar-refractivity contribution in [1.29, 1.82) is 0 Å². The van der Waals surface area contributed by atoms with Crippen LogP contribution in [0, 0.1) is 11.8 Å². The highest BCUT2D eigenvalue weighted by molar-refractivity contribution is 5.87. The van der Waals surface area contributed by atoms with Gasteiger partial charge in [0.15, 0.2) is 0 Å². The summed E-state index contributed by atoms with van der Waals surface area (Å²) < 4.78 is 5.36. The second kappa shape index (κ2) is 4.79. The molecule has 1 atom stereocenters. The fraction of sp³-hybridized carbons (Fsp3) is 0.750. The van der Waals surface area contributed by atoms with Crippen molar-refractivity contribution in [1.82, 2.24) is 4.90 Å². The number of likely N-dealkylation sites (tertiary alicyclic amines) is 1. The number of hydrogen-bond donors (Lipinski definition) is 0. The summed E-state index contributed by atoms with van der Waals surface area (Å²) in [7, 11) is 0. The van der Waals surface area contributed by atoms with Crippen LogP contribution in [-0.2, 0) is 9.53 Å². The molecule has 2 rings (SSSR count). The van der Waals surface area contributed by atoms with Gasteiger partial charge < -0.3 is 9.64 Å². The monoisotopic (exact) mass is 209 g/mol. The van der Waals surface area contributed by atoms with E-state index in [9.17, 15) is 4.79 Å². The Kier molecular flexibility index (Phi) is 3.41. The van der Waals surface area contributed by atoms with E-state index < -0.39 is 0 Å². The number of carbonyl (C=O) groups is 1. The summed E-state index contributed by atoms with van der Waals surface area (Å²) in [5.41, 5.74) is 0. The maximum atomic E-state index is 11.4. The van der Waals surface area contributed by atoms with Crippen molar-refractivity contribution < 1.29 is 9.53 Å². The standard InChI is InChI=1S/C12H19NO2/c1-2-12(14)13-6-3-11(9-13)10-4-7-15-8-5-10/h2,10-11H,1,3-9H2. The minimum absolute atomic E-state index is 0.0876. The Morgan fingerprint density at radius 3 is 2.67 bits per heavy atom. The Balaban J connectivity index is 1.85. The summed E-state index contributed by atoms with van der Waals surface area (Å²) in [6, 6.07) is 0. The van der Waals surface area contributed by atoms with Crippen molar-refractivity contribution in [2.45, 2.75) is 19.3 Å². The maximum Gasteiger partial charge on any atom is 0.245 e. The molecule has 0 aromatic rings. The molecule has 0 aromatic heterocycles. The second-order valence-electron chi connectivity index (χ2n) is 4.49. The Hall–Kier alpha value is -0.830. The van der Waals surface area contributed by atoms with Crippen LogP contribution in [0.5, 0.6) is 0 Å². The molecule has 3 nitrogen and oxygen atoms in total. The lowest BCUT2D eigenvalue weighted by atomic mass is 9.85. The Morgan fingerprint density at radius 1 is 1.27 bits per heavy atom. The number of rotatable bonds is 2. The van der Waals surface area contributed by atoms with Crippen molar-refractivity contribution >= 4 is 5.91 Å². The molecule has 0 radical (unpaired) electrons. The van der Waals surface area contributed by atoms with E-state index in [4.69, 9.17) is 4.74 Å². The molecule has 84 valence electrons. The molecule has 0 N–H and O–H groups in total. The van der Waals surface area contributed by atoms with E-state index in [1.54, 1.807) is 0 Å². The molecule has 2 saturated heterocycles. The Labute approximate surface area is 91.1 Å². The van der Waals surface area contributed by atoms with Crippen LogP contribution in [0.15, 0.2) is 12.7 Å². The van der Waals surface area contributed by atoms with Gasteiger partial charge in [0.05, 0.1) is 0 Å². The third-order valence-corrected chi connectivity index (χ3v) is 3.64. The molecular formula is C12H19NO2. The van der Waals surface area contributed by atoms with Gasteiger partial charge in [-0.05, 0) is 37.2 Å². The summed E-state index contributed by atoms with van der Waals surface area (Å²) >= 11 is 0. The fourth-order valence-corrected chi connectivity index (χ4v) is 2.69. The molecule has 1 amide bonds. The SMILES string of the molecule is C=CC(=O)N1CCC(C2CCOCC2)C1. The lowest BCUT2D eigenvalue weighted by molar-refractivity contribution is -0.125. The van der Waals surface area contributed by atoms with Crippen LogP contribution in [0.1, 0.15) is 19.3 Å². The van der Waals surface area contributed by atoms with Crippen LogP contribution >= 0.6 is 0 Å². The molecule has 2 heterocycles. The molecule has 0 aromatic carbocycles. The number of carbonyl (C=O) groups excluding carboxylic acids is 1. The molecule has 0 bridgehead atoms. The van der Waals surface area contributed by atoms with Gasteiger partial charge in [-0.3, -0.25) is 4.79 Å². The summed E-state index contributed by atoms with van der Waals surface area (Å²) in [5.74, 6) is 1.55. The fourth-order valence-electron chi connectivity index (χ4n) is 2.69. The van der Waals surface area contributed by atoms with Gasteiger partial charge >= 0.3 is 0 Å². The number of hydrogen-bond acceptors (Lipinski definition) is 2.